The largest absolute Gasteiger partial charge is 0.476 e. The molecule has 0 unspecified atom stereocenters. The van der Waals surface area contributed by atoms with E-state index >= 15 is 0 Å². The Hall–Kier alpha value is -1.76. The molecule has 1 aromatic heterocycles. The van der Waals surface area contributed by atoms with Crippen LogP contribution in [0.2, 0.25) is 0 Å². The zero-order valence-electron chi connectivity index (χ0n) is 9.79. The number of aryl methyl sites for hydroxylation is 1. The molecule has 1 aromatic rings. The van der Waals surface area contributed by atoms with Crippen LogP contribution in [0.1, 0.15) is 25.3 Å². The van der Waals surface area contributed by atoms with Gasteiger partial charge in [0.2, 0.25) is 11.8 Å². The predicted molar refractivity (Wildman–Crippen MR) is 64.5 cm³/mol. The zero-order chi connectivity index (χ0) is 11.8. The molecular weight excluding hydrogens is 202 g/mol. The van der Waals surface area contributed by atoms with Crippen LogP contribution in [0, 0.1) is 19.3 Å². The fourth-order valence-corrected chi connectivity index (χ4v) is 1.10. The highest BCUT2D eigenvalue weighted by molar-refractivity contribution is 5.32. The minimum absolute atomic E-state index is 0.488. The molecule has 0 aliphatic carbocycles. The van der Waals surface area contributed by atoms with Gasteiger partial charge >= 0.3 is 0 Å². The van der Waals surface area contributed by atoms with Crippen molar-refractivity contribution in [3.63, 3.8) is 0 Å². The van der Waals surface area contributed by atoms with E-state index in [1.165, 1.54) is 0 Å². The number of nitrogens with one attached hydrogen (secondary N) is 1. The van der Waals surface area contributed by atoms with Crippen molar-refractivity contribution in [2.24, 2.45) is 0 Å². The van der Waals surface area contributed by atoms with Gasteiger partial charge in [-0.25, -0.2) is 4.98 Å². The minimum Gasteiger partial charge on any atom is -0.476 e. The van der Waals surface area contributed by atoms with Crippen molar-refractivity contribution in [2.45, 2.75) is 26.7 Å². The molecule has 4 nitrogen and oxygen atoms in total. The van der Waals surface area contributed by atoms with Crippen LogP contribution < -0.4 is 10.1 Å². The third-order valence-corrected chi connectivity index (χ3v) is 1.94. The lowest BCUT2D eigenvalue weighted by atomic mass is 10.4. The third-order valence-electron chi connectivity index (χ3n) is 1.94. The van der Waals surface area contributed by atoms with Gasteiger partial charge in [0.15, 0.2) is 0 Å². The first-order valence-corrected chi connectivity index (χ1v) is 5.41. The standard InChI is InChI=1S/C12H17N3O/c1-4-6-8-16-11-10(3)9-14-12(15-11)13-7-5-2/h1,9H,5-8H2,2-3H3,(H,13,14,15). The van der Waals surface area contributed by atoms with E-state index in [1.807, 2.05) is 6.92 Å². The van der Waals surface area contributed by atoms with E-state index in [4.69, 9.17) is 11.2 Å². The van der Waals surface area contributed by atoms with Crippen molar-refractivity contribution in [3.05, 3.63) is 11.8 Å². The van der Waals surface area contributed by atoms with Crippen molar-refractivity contribution < 1.29 is 4.74 Å². The smallest absolute Gasteiger partial charge is 0.225 e. The quantitative estimate of drug-likeness (QED) is 0.587. The lowest BCUT2D eigenvalue weighted by Gasteiger charge is -2.08. The SMILES string of the molecule is C#CCCOc1nc(NCCC)ncc1C. The summed E-state index contributed by atoms with van der Waals surface area (Å²) < 4.78 is 5.46. The summed E-state index contributed by atoms with van der Waals surface area (Å²) in [7, 11) is 0. The van der Waals surface area contributed by atoms with E-state index in [0.29, 0.717) is 24.9 Å². The molecule has 1 rings (SSSR count). The molecule has 0 amide bonds. The Balaban J connectivity index is 2.63. The molecule has 1 N–H and O–H groups in total. The van der Waals surface area contributed by atoms with Gasteiger partial charge in [-0.3, -0.25) is 0 Å². The van der Waals surface area contributed by atoms with Crippen molar-refractivity contribution in [2.75, 3.05) is 18.5 Å². The van der Waals surface area contributed by atoms with Gasteiger partial charge in [-0.1, -0.05) is 6.92 Å². The molecule has 0 saturated heterocycles. The maximum absolute atomic E-state index is 5.46. The fourth-order valence-electron chi connectivity index (χ4n) is 1.10. The maximum atomic E-state index is 5.46. The maximum Gasteiger partial charge on any atom is 0.225 e. The molecule has 0 spiro atoms. The Bertz CT molecular complexity index is 371. The summed E-state index contributed by atoms with van der Waals surface area (Å²) in [5, 5.41) is 3.11. The average Bonchev–Trinajstić information content (AvgIpc) is 2.30. The third kappa shape index (κ3) is 3.77. The van der Waals surface area contributed by atoms with E-state index in [0.717, 1.165) is 18.5 Å². The van der Waals surface area contributed by atoms with Gasteiger partial charge in [-0.05, 0) is 13.3 Å². The molecular formula is C12H17N3O. The van der Waals surface area contributed by atoms with Gasteiger partial charge in [0.25, 0.3) is 0 Å². The molecule has 0 radical (unpaired) electrons. The van der Waals surface area contributed by atoms with Gasteiger partial charge in [0.1, 0.15) is 6.61 Å². The highest BCUT2D eigenvalue weighted by atomic mass is 16.5. The molecule has 16 heavy (non-hydrogen) atoms. The van der Waals surface area contributed by atoms with E-state index in [1.54, 1.807) is 6.20 Å². The molecule has 0 aliphatic rings. The number of ether oxygens (including phenoxy) is 1. The highest BCUT2D eigenvalue weighted by Crippen LogP contribution is 2.15. The molecule has 1 heterocycles. The van der Waals surface area contributed by atoms with Crippen LogP contribution in [0.4, 0.5) is 5.95 Å². The molecule has 0 fully saturated rings. The first kappa shape index (κ1) is 12.3. The number of anilines is 1. The summed E-state index contributed by atoms with van der Waals surface area (Å²) in [4.78, 5) is 8.43. The monoisotopic (exact) mass is 219 g/mol. The molecule has 0 aromatic carbocycles. The van der Waals surface area contributed by atoms with Crippen LogP contribution >= 0.6 is 0 Å². The predicted octanol–water partition coefficient (Wildman–Crippen LogP) is 2.01. The molecule has 0 saturated carbocycles. The Kier molecular flexibility index (Phi) is 5.13. The normalized spacial score (nSPS) is 9.56. The minimum atomic E-state index is 0.488. The summed E-state index contributed by atoms with van der Waals surface area (Å²) in [6, 6.07) is 0. The van der Waals surface area contributed by atoms with Crippen LogP contribution in [-0.2, 0) is 0 Å². The Morgan fingerprint density at radius 2 is 2.38 bits per heavy atom. The van der Waals surface area contributed by atoms with E-state index in [9.17, 15) is 0 Å². The van der Waals surface area contributed by atoms with Crippen molar-refractivity contribution in [1.29, 1.82) is 0 Å². The van der Waals surface area contributed by atoms with Crippen LogP contribution in [0.5, 0.6) is 5.88 Å². The van der Waals surface area contributed by atoms with Crippen LogP contribution in [0.3, 0.4) is 0 Å². The summed E-state index contributed by atoms with van der Waals surface area (Å²) in [5.74, 6) is 3.72. The van der Waals surface area contributed by atoms with E-state index in [2.05, 4.69) is 28.1 Å². The molecule has 4 heteroatoms. The number of hydrogen-bond acceptors (Lipinski definition) is 4. The zero-order valence-corrected chi connectivity index (χ0v) is 9.79. The first-order chi connectivity index (χ1) is 7.77. The van der Waals surface area contributed by atoms with Crippen molar-refractivity contribution in [1.82, 2.24) is 9.97 Å². The van der Waals surface area contributed by atoms with Gasteiger partial charge in [-0.15, -0.1) is 12.3 Å². The fraction of sp³-hybridized carbons (Fsp3) is 0.500. The van der Waals surface area contributed by atoms with Gasteiger partial charge in [0.05, 0.1) is 0 Å². The number of aromatic nitrogens is 2. The lowest BCUT2D eigenvalue weighted by Crippen LogP contribution is -2.07. The number of hydrogen-bond donors (Lipinski definition) is 1. The Morgan fingerprint density at radius 1 is 1.56 bits per heavy atom. The second-order valence-electron chi connectivity index (χ2n) is 3.41. The molecule has 0 atom stereocenters. The lowest BCUT2D eigenvalue weighted by molar-refractivity contribution is 0.312. The number of nitrogens with zero attached hydrogens (tertiary/aromatic N) is 2. The summed E-state index contributed by atoms with van der Waals surface area (Å²) in [5.41, 5.74) is 0.916. The Labute approximate surface area is 96.5 Å². The Morgan fingerprint density at radius 3 is 3.06 bits per heavy atom. The van der Waals surface area contributed by atoms with Gasteiger partial charge in [0, 0.05) is 24.7 Å². The summed E-state index contributed by atoms with van der Waals surface area (Å²) in [6.45, 7) is 5.34. The van der Waals surface area contributed by atoms with Gasteiger partial charge in [-0.2, -0.15) is 4.98 Å². The van der Waals surface area contributed by atoms with Crippen molar-refractivity contribution >= 4 is 5.95 Å². The topological polar surface area (TPSA) is 47.0 Å². The first-order valence-electron chi connectivity index (χ1n) is 5.41. The summed E-state index contributed by atoms with van der Waals surface area (Å²) in [6.07, 6.45) is 8.51. The van der Waals surface area contributed by atoms with Crippen molar-refractivity contribution in [3.8, 4) is 18.2 Å². The van der Waals surface area contributed by atoms with Crippen LogP contribution in [0.15, 0.2) is 6.20 Å². The second-order valence-corrected chi connectivity index (χ2v) is 3.41. The number of rotatable bonds is 6. The van der Waals surface area contributed by atoms with Crippen LogP contribution in [0.25, 0.3) is 0 Å². The molecule has 0 aliphatic heterocycles. The van der Waals surface area contributed by atoms with E-state index < -0.39 is 0 Å². The van der Waals surface area contributed by atoms with E-state index in [-0.39, 0.29) is 0 Å². The molecule has 86 valence electrons. The second kappa shape index (κ2) is 6.67. The molecule has 0 bridgehead atoms. The number of terminal acetylenes is 1. The highest BCUT2D eigenvalue weighted by Gasteiger charge is 2.03. The van der Waals surface area contributed by atoms with Crippen LogP contribution in [-0.4, -0.2) is 23.1 Å². The average molecular weight is 219 g/mol. The summed E-state index contributed by atoms with van der Waals surface area (Å²) >= 11 is 0. The van der Waals surface area contributed by atoms with Gasteiger partial charge < -0.3 is 10.1 Å².